The summed E-state index contributed by atoms with van der Waals surface area (Å²) in [6.07, 6.45) is 97.4. The Morgan fingerprint density at radius 2 is 0.456 bits per heavy atom. The van der Waals surface area contributed by atoms with Gasteiger partial charge >= 0.3 is 17.9 Å². The summed E-state index contributed by atoms with van der Waals surface area (Å²) in [4.78, 5) is 38.3. The molecule has 0 N–H and O–H groups in total. The number of rotatable bonds is 54. The zero-order valence-corrected chi connectivity index (χ0v) is 50.3. The molecule has 0 fully saturated rings. The number of unbranched alkanes of at least 4 members (excludes halogenated alkanes) is 13. The first-order valence-electron chi connectivity index (χ1n) is 31.3. The molecule has 0 amide bonds. The van der Waals surface area contributed by atoms with E-state index >= 15 is 0 Å². The van der Waals surface area contributed by atoms with E-state index in [1.54, 1.807) is 0 Å². The number of hydrogen-bond donors (Lipinski definition) is 0. The maximum absolute atomic E-state index is 12.9. The lowest BCUT2D eigenvalue weighted by Gasteiger charge is -2.18. The minimum Gasteiger partial charge on any atom is -0.462 e. The lowest BCUT2D eigenvalue weighted by atomic mass is 10.1. The topological polar surface area (TPSA) is 78.9 Å². The number of ether oxygens (including phenoxy) is 3. The maximum atomic E-state index is 12.9. The van der Waals surface area contributed by atoms with Crippen LogP contribution >= 0.6 is 0 Å². The zero-order valence-electron chi connectivity index (χ0n) is 50.3. The highest BCUT2D eigenvalue weighted by Gasteiger charge is 2.19. The summed E-state index contributed by atoms with van der Waals surface area (Å²) < 4.78 is 16.9. The summed E-state index contributed by atoms with van der Waals surface area (Å²) in [5.74, 6) is -1.00. The predicted octanol–water partition coefficient (Wildman–Crippen LogP) is 21.7. The summed E-state index contributed by atoms with van der Waals surface area (Å²) >= 11 is 0. The lowest BCUT2D eigenvalue weighted by Crippen LogP contribution is -2.30. The summed E-state index contributed by atoms with van der Waals surface area (Å²) in [5, 5.41) is 0. The van der Waals surface area contributed by atoms with Crippen molar-refractivity contribution in [2.75, 3.05) is 13.2 Å². The lowest BCUT2D eigenvalue weighted by molar-refractivity contribution is -0.167. The van der Waals surface area contributed by atoms with Crippen molar-refractivity contribution in [1.82, 2.24) is 0 Å². The third-order valence-corrected chi connectivity index (χ3v) is 12.4. The van der Waals surface area contributed by atoms with Crippen LogP contribution in [0.3, 0.4) is 0 Å². The van der Waals surface area contributed by atoms with Crippen LogP contribution in [0.1, 0.15) is 239 Å². The average Bonchev–Trinajstić information content (AvgIpc) is 3.45. The molecule has 0 radical (unpaired) electrons. The second kappa shape index (κ2) is 65.0. The Hall–Kier alpha value is -5.49. The normalized spacial score (nSPS) is 13.4. The highest BCUT2D eigenvalue weighted by Crippen LogP contribution is 2.13. The van der Waals surface area contributed by atoms with Crippen molar-refractivity contribution < 1.29 is 28.6 Å². The van der Waals surface area contributed by atoms with Gasteiger partial charge in [-0.2, -0.15) is 0 Å². The quantitative estimate of drug-likeness (QED) is 0.0261. The van der Waals surface area contributed by atoms with E-state index in [1.165, 1.54) is 25.7 Å². The monoisotopic (exact) mass is 1080 g/mol. The molecule has 0 bridgehead atoms. The minimum atomic E-state index is -0.827. The standard InChI is InChI=1S/C73H112O6/c1-4-7-10-13-16-19-22-25-28-31-33-34-35-36-37-38-40-42-45-48-51-54-57-60-63-66-72(75)78-69-70(68-77-71(74)65-62-59-56-53-50-47-44-41-30-27-24-21-18-15-12-9-6-3)79-73(76)67-64-61-58-55-52-49-46-43-39-32-29-26-23-20-17-14-11-8-5-2/h7-12,16-21,25-30,33-34,36-37,39-40,42-43,48-49,51-52,70H,4-6,13-15,22-24,31-32,35,38,41,44-47,50,53-69H2,1-3H3/b10-7-,11-8-,12-9-,19-16-,20-17-,21-18-,28-25-,29-26-,30-27-,34-33-,37-36-,42-40-,43-39-,51-48-,52-49-. The van der Waals surface area contributed by atoms with Crippen LogP contribution in [-0.4, -0.2) is 37.2 Å². The largest absolute Gasteiger partial charge is 0.462 e. The van der Waals surface area contributed by atoms with Crippen LogP contribution in [0.5, 0.6) is 0 Å². The third kappa shape index (κ3) is 63.2. The van der Waals surface area contributed by atoms with Crippen LogP contribution in [0.25, 0.3) is 0 Å². The van der Waals surface area contributed by atoms with Crippen LogP contribution in [-0.2, 0) is 28.6 Å². The Morgan fingerprint density at radius 1 is 0.253 bits per heavy atom. The Kier molecular flexibility index (Phi) is 60.5. The van der Waals surface area contributed by atoms with Gasteiger partial charge < -0.3 is 14.2 Å². The zero-order chi connectivity index (χ0) is 57.1. The van der Waals surface area contributed by atoms with E-state index in [0.717, 1.165) is 167 Å². The molecule has 0 rings (SSSR count). The summed E-state index contributed by atoms with van der Waals surface area (Å²) in [7, 11) is 0. The highest BCUT2D eigenvalue weighted by molar-refractivity contribution is 5.71. The van der Waals surface area contributed by atoms with E-state index < -0.39 is 6.10 Å². The van der Waals surface area contributed by atoms with Gasteiger partial charge in [-0.15, -0.1) is 0 Å². The van der Waals surface area contributed by atoms with Gasteiger partial charge in [-0.05, 0) is 154 Å². The molecule has 0 aliphatic rings. The molecule has 0 aliphatic carbocycles. The molecule has 1 unspecified atom stereocenters. The number of allylic oxidation sites excluding steroid dienone is 30. The Bertz CT molecular complexity index is 1870. The van der Waals surface area contributed by atoms with Gasteiger partial charge in [0.1, 0.15) is 13.2 Å². The van der Waals surface area contributed by atoms with E-state index in [-0.39, 0.29) is 37.5 Å². The predicted molar refractivity (Wildman–Crippen MR) is 343 cm³/mol. The van der Waals surface area contributed by atoms with Gasteiger partial charge in [0.15, 0.2) is 6.10 Å². The first kappa shape index (κ1) is 73.5. The molecule has 1 atom stereocenters. The van der Waals surface area contributed by atoms with Crippen molar-refractivity contribution in [3.63, 3.8) is 0 Å². The van der Waals surface area contributed by atoms with Crippen LogP contribution in [0, 0.1) is 0 Å². The van der Waals surface area contributed by atoms with Crippen molar-refractivity contribution in [1.29, 1.82) is 0 Å². The van der Waals surface area contributed by atoms with Gasteiger partial charge in [0.2, 0.25) is 0 Å². The van der Waals surface area contributed by atoms with E-state index in [1.807, 2.05) is 0 Å². The molecule has 0 saturated carbocycles. The van der Waals surface area contributed by atoms with Crippen LogP contribution in [0.15, 0.2) is 182 Å². The Morgan fingerprint density at radius 3 is 0.722 bits per heavy atom. The van der Waals surface area contributed by atoms with Crippen molar-refractivity contribution >= 4 is 17.9 Å². The molecular formula is C73H112O6. The molecule has 79 heavy (non-hydrogen) atoms. The van der Waals surface area contributed by atoms with Gasteiger partial charge in [0, 0.05) is 19.3 Å². The van der Waals surface area contributed by atoms with Crippen molar-refractivity contribution in [3.8, 4) is 0 Å². The van der Waals surface area contributed by atoms with Gasteiger partial charge in [-0.1, -0.05) is 248 Å². The highest BCUT2D eigenvalue weighted by atomic mass is 16.6. The van der Waals surface area contributed by atoms with Gasteiger partial charge in [0.25, 0.3) is 0 Å². The van der Waals surface area contributed by atoms with Crippen LogP contribution < -0.4 is 0 Å². The molecule has 0 spiro atoms. The van der Waals surface area contributed by atoms with Gasteiger partial charge in [-0.25, -0.2) is 0 Å². The fraction of sp³-hybridized carbons (Fsp3) is 0.548. The van der Waals surface area contributed by atoms with Crippen molar-refractivity contribution in [2.45, 2.75) is 245 Å². The summed E-state index contributed by atoms with van der Waals surface area (Å²) in [5.41, 5.74) is 0. The molecule has 0 aromatic heterocycles. The Balaban J connectivity index is 4.56. The molecule has 6 heteroatoms. The number of carbonyl (C=O) groups is 3. The van der Waals surface area contributed by atoms with Crippen molar-refractivity contribution in [3.05, 3.63) is 182 Å². The fourth-order valence-electron chi connectivity index (χ4n) is 7.81. The first-order chi connectivity index (χ1) is 39.0. The fourth-order valence-corrected chi connectivity index (χ4v) is 7.81. The van der Waals surface area contributed by atoms with Crippen molar-refractivity contribution in [2.24, 2.45) is 0 Å². The van der Waals surface area contributed by atoms with E-state index in [0.29, 0.717) is 19.3 Å². The Labute approximate surface area is 484 Å². The SMILES string of the molecule is CC/C=C\C/C=C\C/C=C\C/C=C\C/C=C\C/C=C\C/C=C\CCCCCC(=O)OCC(COC(=O)CCCCCCCCC/C=C\C/C=C\C/C=C\CC)OC(=O)CCCCC/C=C\C/C=C\C/C=C\C/C=C\C/C=C\CC. The average molecular weight is 1090 g/mol. The van der Waals surface area contributed by atoms with Gasteiger partial charge in [-0.3, -0.25) is 14.4 Å². The van der Waals surface area contributed by atoms with E-state index in [4.69, 9.17) is 14.2 Å². The van der Waals surface area contributed by atoms with E-state index in [2.05, 4.69) is 203 Å². The maximum Gasteiger partial charge on any atom is 0.306 e. The first-order valence-corrected chi connectivity index (χ1v) is 31.3. The number of esters is 3. The summed E-state index contributed by atoms with van der Waals surface area (Å²) in [6.45, 7) is 6.23. The number of carbonyl (C=O) groups excluding carboxylic acids is 3. The molecule has 440 valence electrons. The second-order valence-corrected chi connectivity index (χ2v) is 19.8. The molecule has 6 nitrogen and oxygen atoms in total. The third-order valence-electron chi connectivity index (χ3n) is 12.4. The molecule has 0 aromatic rings. The minimum absolute atomic E-state index is 0.117. The van der Waals surface area contributed by atoms with Crippen LogP contribution in [0.4, 0.5) is 0 Å². The second-order valence-electron chi connectivity index (χ2n) is 19.8. The molecule has 0 heterocycles. The molecule has 0 aliphatic heterocycles. The molecule has 0 aromatic carbocycles. The smallest absolute Gasteiger partial charge is 0.306 e. The summed E-state index contributed by atoms with van der Waals surface area (Å²) in [6, 6.07) is 0. The van der Waals surface area contributed by atoms with Gasteiger partial charge in [0.05, 0.1) is 0 Å². The molecule has 0 saturated heterocycles. The number of hydrogen-bond acceptors (Lipinski definition) is 6. The van der Waals surface area contributed by atoms with E-state index in [9.17, 15) is 14.4 Å². The molecular weight excluding hydrogens is 973 g/mol. The van der Waals surface area contributed by atoms with Crippen LogP contribution in [0.2, 0.25) is 0 Å².